The monoisotopic (exact) mass is 210 g/mol. The first-order valence-electron chi connectivity index (χ1n) is 5.12. The molecule has 0 aromatic heterocycles. The Morgan fingerprint density at radius 2 is 2.33 bits per heavy atom. The lowest BCUT2D eigenvalue weighted by molar-refractivity contribution is 0.198. The first-order chi connectivity index (χ1) is 7.20. The Bertz CT molecular complexity index is 356. The van der Waals surface area contributed by atoms with Crippen LogP contribution in [0.15, 0.2) is 18.2 Å². The van der Waals surface area contributed by atoms with Gasteiger partial charge in [0.25, 0.3) is 0 Å². The van der Waals surface area contributed by atoms with Crippen molar-refractivity contribution < 1.29 is 9.50 Å². The van der Waals surface area contributed by atoms with Gasteiger partial charge in [0.05, 0.1) is 11.8 Å². The van der Waals surface area contributed by atoms with Crippen LogP contribution in [0.1, 0.15) is 12.0 Å². The zero-order valence-electron chi connectivity index (χ0n) is 8.49. The summed E-state index contributed by atoms with van der Waals surface area (Å²) in [4.78, 5) is 1.86. The van der Waals surface area contributed by atoms with Gasteiger partial charge in [-0.25, -0.2) is 4.39 Å². The maximum atomic E-state index is 13.6. The van der Waals surface area contributed by atoms with E-state index in [-0.39, 0.29) is 11.9 Å². The maximum absolute atomic E-state index is 13.6. The average Bonchev–Trinajstić information content (AvgIpc) is 2.64. The van der Waals surface area contributed by atoms with Crippen molar-refractivity contribution in [2.75, 3.05) is 18.0 Å². The molecule has 0 amide bonds. The Morgan fingerprint density at radius 3 is 2.87 bits per heavy atom. The van der Waals surface area contributed by atoms with Crippen molar-refractivity contribution >= 4 is 5.69 Å². The third-order valence-electron chi connectivity index (χ3n) is 2.75. The number of hydrogen-bond donors (Lipinski definition) is 2. The first kappa shape index (κ1) is 10.4. The standard InChI is InChI=1S/C11H15FN2O/c12-10-5-8(6-13)1-2-11(10)14-4-3-9(15)7-14/h1-2,5,9,15H,3-4,6-7,13H2. The molecule has 1 aromatic carbocycles. The van der Waals surface area contributed by atoms with Crippen molar-refractivity contribution in [1.29, 1.82) is 0 Å². The van der Waals surface area contributed by atoms with Gasteiger partial charge in [-0.05, 0) is 24.1 Å². The van der Waals surface area contributed by atoms with Crippen molar-refractivity contribution in [1.82, 2.24) is 0 Å². The van der Waals surface area contributed by atoms with Gasteiger partial charge in [-0.3, -0.25) is 0 Å². The van der Waals surface area contributed by atoms with Crippen molar-refractivity contribution in [2.24, 2.45) is 5.73 Å². The summed E-state index contributed by atoms with van der Waals surface area (Å²) in [7, 11) is 0. The molecule has 0 aliphatic carbocycles. The number of β-amino-alcohol motifs (C(OH)–C–C–N with tert-alkyl or cyclic N) is 1. The van der Waals surface area contributed by atoms with E-state index in [0.717, 1.165) is 5.56 Å². The fourth-order valence-electron chi connectivity index (χ4n) is 1.89. The topological polar surface area (TPSA) is 49.5 Å². The largest absolute Gasteiger partial charge is 0.391 e. The summed E-state index contributed by atoms with van der Waals surface area (Å²) in [5.74, 6) is -0.257. The molecule has 1 heterocycles. The molecule has 15 heavy (non-hydrogen) atoms. The predicted octanol–water partition coefficient (Wildman–Crippen LogP) is 0.855. The Balaban J connectivity index is 2.21. The highest BCUT2D eigenvalue weighted by Crippen LogP contribution is 2.24. The van der Waals surface area contributed by atoms with Gasteiger partial charge in [0.1, 0.15) is 5.82 Å². The zero-order chi connectivity index (χ0) is 10.8. The molecule has 3 nitrogen and oxygen atoms in total. The Hall–Kier alpha value is -1.13. The van der Waals surface area contributed by atoms with Crippen LogP contribution in [0.2, 0.25) is 0 Å². The molecular weight excluding hydrogens is 195 g/mol. The Morgan fingerprint density at radius 1 is 1.53 bits per heavy atom. The number of benzene rings is 1. The lowest BCUT2D eigenvalue weighted by atomic mass is 10.2. The Labute approximate surface area is 88.3 Å². The molecule has 0 bridgehead atoms. The Kier molecular flexibility index (Phi) is 2.88. The molecule has 2 rings (SSSR count). The van der Waals surface area contributed by atoms with Crippen molar-refractivity contribution in [3.63, 3.8) is 0 Å². The summed E-state index contributed by atoms with van der Waals surface area (Å²) < 4.78 is 13.6. The second-order valence-corrected chi connectivity index (χ2v) is 3.88. The minimum atomic E-state index is -0.335. The number of anilines is 1. The highest BCUT2D eigenvalue weighted by atomic mass is 19.1. The van der Waals surface area contributed by atoms with Gasteiger partial charge >= 0.3 is 0 Å². The zero-order valence-corrected chi connectivity index (χ0v) is 8.49. The SMILES string of the molecule is NCc1ccc(N2CCC(O)C2)c(F)c1. The van der Waals surface area contributed by atoms with Crippen molar-refractivity contribution in [3.8, 4) is 0 Å². The number of aliphatic hydroxyl groups is 1. The lowest BCUT2D eigenvalue weighted by Gasteiger charge is -2.18. The van der Waals surface area contributed by atoms with Gasteiger partial charge in [0.15, 0.2) is 0 Å². The number of halogens is 1. The molecule has 82 valence electrons. The summed E-state index contributed by atoms with van der Waals surface area (Å²) in [5, 5.41) is 9.37. The van der Waals surface area contributed by atoms with E-state index >= 15 is 0 Å². The highest BCUT2D eigenvalue weighted by molar-refractivity contribution is 5.50. The van der Waals surface area contributed by atoms with Crippen LogP contribution >= 0.6 is 0 Å². The van der Waals surface area contributed by atoms with E-state index in [1.54, 1.807) is 6.07 Å². The van der Waals surface area contributed by atoms with Gasteiger partial charge in [0, 0.05) is 19.6 Å². The molecule has 1 unspecified atom stereocenters. The minimum absolute atomic E-state index is 0.257. The molecule has 0 spiro atoms. The molecular formula is C11H15FN2O. The normalized spacial score (nSPS) is 21.0. The van der Waals surface area contributed by atoms with E-state index in [1.165, 1.54) is 6.07 Å². The molecule has 4 heteroatoms. The number of hydrogen-bond acceptors (Lipinski definition) is 3. The van der Waals surface area contributed by atoms with Crippen molar-refractivity contribution in [2.45, 2.75) is 19.1 Å². The second kappa shape index (κ2) is 4.16. The number of nitrogens with zero attached hydrogens (tertiary/aromatic N) is 1. The van der Waals surface area contributed by atoms with E-state index in [9.17, 15) is 9.50 Å². The third kappa shape index (κ3) is 2.11. The molecule has 1 aliphatic heterocycles. The summed E-state index contributed by atoms with van der Waals surface area (Å²) in [6, 6.07) is 5.01. The van der Waals surface area contributed by atoms with Crippen LogP contribution in [0.25, 0.3) is 0 Å². The van der Waals surface area contributed by atoms with Crippen LogP contribution in [0.4, 0.5) is 10.1 Å². The first-order valence-corrected chi connectivity index (χ1v) is 5.12. The van der Waals surface area contributed by atoms with Gasteiger partial charge in [0.2, 0.25) is 0 Å². The lowest BCUT2D eigenvalue weighted by Crippen LogP contribution is -2.22. The second-order valence-electron chi connectivity index (χ2n) is 3.88. The van der Waals surface area contributed by atoms with Crippen LogP contribution in [-0.4, -0.2) is 24.3 Å². The van der Waals surface area contributed by atoms with Crippen molar-refractivity contribution in [3.05, 3.63) is 29.6 Å². The van der Waals surface area contributed by atoms with Crippen LogP contribution in [0.5, 0.6) is 0 Å². The third-order valence-corrected chi connectivity index (χ3v) is 2.75. The highest BCUT2D eigenvalue weighted by Gasteiger charge is 2.22. The summed E-state index contributed by atoms with van der Waals surface area (Å²) in [5.41, 5.74) is 6.77. The average molecular weight is 210 g/mol. The van der Waals surface area contributed by atoms with E-state index < -0.39 is 0 Å². The molecule has 1 fully saturated rings. The van der Waals surface area contributed by atoms with Crippen LogP contribution in [0, 0.1) is 5.82 Å². The molecule has 0 radical (unpaired) electrons. The van der Waals surface area contributed by atoms with Gasteiger partial charge in [-0.2, -0.15) is 0 Å². The summed E-state index contributed by atoms with van der Waals surface area (Å²) >= 11 is 0. The quantitative estimate of drug-likeness (QED) is 0.761. The fraction of sp³-hybridized carbons (Fsp3) is 0.455. The molecule has 3 N–H and O–H groups in total. The minimum Gasteiger partial charge on any atom is -0.391 e. The van der Waals surface area contributed by atoms with Crippen LogP contribution < -0.4 is 10.6 Å². The molecule has 1 aromatic rings. The van der Waals surface area contributed by atoms with E-state index in [2.05, 4.69) is 0 Å². The number of aliphatic hydroxyl groups excluding tert-OH is 1. The van der Waals surface area contributed by atoms with E-state index in [0.29, 0.717) is 31.7 Å². The smallest absolute Gasteiger partial charge is 0.146 e. The predicted molar refractivity (Wildman–Crippen MR) is 57.1 cm³/mol. The van der Waals surface area contributed by atoms with Crippen LogP contribution in [0.3, 0.4) is 0 Å². The number of nitrogens with two attached hydrogens (primary N) is 1. The van der Waals surface area contributed by atoms with E-state index in [1.807, 2.05) is 11.0 Å². The fourth-order valence-corrected chi connectivity index (χ4v) is 1.89. The van der Waals surface area contributed by atoms with Gasteiger partial charge in [-0.1, -0.05) is 6.07 Å². The van der Waals surface area contributed by atoms with E-state index in [4.69, 9.17) is 5.73 Å². The van der Waals surface area contributed by atoms with Gasteiger partial charge < -0.3 is 15.7 Å². The molecule has 1 saturated heterocycles. The van der Waals surface area contributed by atoms with Crippen LogP contribution in [-0.2, 0) is 6.54 Å². The molecule has 0 saturated carbocycles. The van der Waals surface area contributed by atoms with Gasteiger partial charge in [-0.15, -0.1) is 0 Å². The molecule has 1 aliphatic rings. The molecule has 1 atom stereocenters. The maximum Gasteiger partial charge on any atom is 0.146 e. The summed E-state index contributed by atoms with van der Waals surface area (Å²) in [6.07, 6.45) is 0.372. The summed E-state index contributed by atoms with van der Waals surface area (Å²) in [6.45, 7) is 1.57. The number of rotatable bonds is 2.